The van der Waals surface area contributed by atoms with Gasteiger partial charge in [0.15, 0.2) is 0 Å². The number of anilines is 1. The van der Waals surface area contributed by atoms with Gasteiger partial charge in [0.2, 0.25) is 5.91 Å². The highest BCUT2D eigenvalue weighted by Gasteiger charge is 2.11. The average molecular weight is 274 g/mol. The Balaban J connectivity index is 2.57. The molecule has 0 aromatic heterocycles. The van der Waals surface area contributed by atoms with Crippen molar-refractivity contribution in [2.75, 3.05) is 18.9 Å². The molecule has 1 rings (SSSR count). The molecule has 0 bridgehead atoms. The summed E-state index contributed by atoms with van der Waals surface area (Å²) in [5.41, 5.74) is 0.442. The van der Waals surface area contributed by atoms with Crippen LogP contribution < -0.4 is 10.6 Å². The fourth-order valence-corrected chi connectivity index (χ4v) is 2.00. The second-order valence-electron chi connectivity index (χ2n) is 3.63. The Labute approximate surface area is 109 Å². The molecule has 1 amide bonds. The fourth-order valence-electron chi connectivity index (χ4n) is 1.41. The van der Waals surface area contributed by atoms with Gasteiger partial charge in [-0.15, -0.1) is 0 Å². The zero-order valence-corrected chi connectivity index (χ0v) is 10.9. The van der Waals surface area contributed by atoms with Crippen LogP contribution in [0.3, 0.4) is 0 Å². The van der Waals surface area contributed by atoms with E-state index < -0.39 is 5.76 Å². The summed E-state index contributed by atoms with van der Waals surface area (Å²) in [6, 6.07) is 6.57. The van der Waals surface area contributed by atoms with Crippen LogP contribution in [-0.2, 0) is 4.79 Å². The lowest BCUT2D eigenvalue weighted by Crippen LogP contribution is -2.15. The largest absolute Gasteiger partial charge is 0.325 e. The molecule has 0 aliphatic heterocycles. The van der Waals surface area contributed by atoms with E-state index in [0.717, 1.165) is 6.54 Å². The molecule has 0 saturated heterocycles. The number of amides is 1. The second kappa shape index (κ2) is 8.05. The summed E-state index contributed by atoms with van der Waals surface area (Å²) < 4.78 is 24.7. The monoisotopic (exact) mass is 274 g/mol. The normalized spacial score (nSPS) is 10.7. The Morgan fingerprint density at radius 1 is 1.39 bits per heavy atom. The highest BCUT2D eigenvalue weighted by Crippen LogP contribution is 2.31. The number of benzene rings is 1. The summed E-state index contributed by atoms with van der Waals surface area (Å²) in [6.07, 6.45) is 1.08. The van der Waals surface area contributed by atoms with E-state index in [4.69, 9.17) is 0 Å². The number of halogens is 2. The van der Waals surface area contributed by atoms with Crippen LogP contribution in [0.1, 0.15) is 12.8 Å². The number of carbonyl (C=O) groups excluding carboxylic acids is 1. The van der Waals surface area contributed by atoms with E-state index in [1.54, 1.807) is 24.3 Å². The zero-order chi connectivity index (χ0) is 13.4. The second-order valence-corrected chi connectivity index (χ2v) is 4.66. The third kappa shape index (κ3) is 5.46. The molecule has 0 saturated carbocycles. The summed E-state index contributed by atoms with van der Waals surface area (Å²) in [7, 11) is 1.81. The van der Waals surface area contributed by atoms with Crippen molar-refractivity contribution in [2.24, 2.45) is 0 Å². The molecule has 1 aromatic carbocycles. The van der Waals surface area contributed by atoms with Crippen LogP contribution in [-0.4, -0.2) is 25.3 Å². The molecule has 0 spiro atoms. The van der Waals surface area contributed by atoms with E-state index in [1.807, 2.05) is 7.05 Å². The minimum absolute atomic E-state index is 0.160. The zero-order valence-electron chi connectivity index (χ0n) is 10.1. The van der Waals surface area contributed by atoms with Crippen LogP contribution in [0.15, 0.2) is 29.2 Å². The van der Waals surface area contributed by atoms with Crippen LogP contribution in [0.25, 0.3) is 0 Å². The topological polar surface area (TPSA) is 41.1 Å². The van der Waals surface area contributed by atoms with Gasteiger partial charge < -0.3 is 10.6 Å². The van der Waals surface area contributed by atoms with Crippen molar-refractivity contribution in [3.8, 4) is 0 Å². The number of para-hydroxylation sites is 1. The van der Waals surface area contributed by atoms with Gasteiger partial charge in [-0.1, -0.05) is 23.9 Å². The summed E-state index contributed by atoms with van der Waals surface area (Å²) in [4.78, 5) is 12.0. The van der Waals surface area contributed by atoms with Gasteiger partial charge in [0, 0.05) is 11.3 Å². The summed E-state index contributed by atoms with van der Waals surface area (Å²) >= 11 is 0.435. The first-order valence-corrected chi connectivity index (χ1v) is 6.49. The average Bonchev–Trinajstić information content (AvgIpc) is 2.31. The SMILES string of the molecule is CNCCCC(=O)Nc1ccccc1SC(F)F. The summed E-state index contributed by atoms with van der Waals surface area (Å²) in [5, 5.41) is 5.60. The van der Waals surface area contributed by atoms with Crippen LogP contribution in [0.5, 0.6) is 0 Å². The maximum absolute atomic E-state index is 12.3. The number of hydrogen-bond donors (Lipinski definition) is 2. The molecule has 0 atom stereocenters. The van der Waals surface area contributed by atoms with Crippen LogP contribution in [0.2, 0.25) is 0 Å². The van der Waals surface area contributed by atoms with Crippen LogP contribution >= 0.6 is 11.8 Å². The van der Waals surface area contributed by atoms with Gasteiger partial charge in [-0.2, -0.15) is 8.78 Å². The van der Waals surface area contributed by atoms with Gasteiger partial charge in [0.1, 0.15) is 0 Å². The maximum Gasteiger partial charge on any atom is 0.288 e. The van der Waals surface area contributed by atoms with Crippen LogP contribution in [0.4, 0.5) is 14.5 Å². The first kappa shape index (κ1) is 14.9. The van der Waals surface area contributed by atoms with Gasteiger partial charge >= 0.3 is 0 Å². The Hall–Kier alpha value is -1.14. The molecule has 0 aliphatic rings. The van der Waals surface area contributed by atoms with Crippen molar-refractivity contribution in [1.29, 1.82) is 0 Å². The van der Waals surface area contributed by atoms with Gasteiger partial charge in [0.05, 0.1) is 5.69 Å². The minimum atomic E-state index is -2.49. The Morgan fingerprint density at radius 2 is 2.11 bits per heavy atom. The fraction of sp³-hybridized carbons (Fsp3) is 0.417. The van der Waals surface area contributed by atoms with E-state index in [9.17, 15) is 13.6 Å². The van der Waals surface area contributed by atoms with E-state index in [0.29, 0.717) is 35.2 Å². The molecule has 2 N–H and O–H groups in total. The lowest BCUT2D eigenvalue weighted by Gasteiger charge is -2.10. The predicted molar refractivity (Wildman–Crippen MR) is 70.1 cm³/mol. The molecule has 100 valence electrons. The first-order valence-electron chi connectivity index (χ1n) is 5.61. The third-order valence-corrected chi connectivity index (χ3v) is 3.00. The highest BCUT2D eigenvalue weighted by atomic mass is 32.2. The van der Waals surface area contributed by atoms with E-state index in [-0.39, 0.29) is 5.91 Å². The number of rotatable bonds is 7. The van der Waals surface area contributed by atoms with Crippen molar-refractivity contribution in [3.05, 3.63) is 24.3 Å². The van der Waals surface area contributed by atoms with Gasteiger partial charge in [-0.05, 0) is 32.1 Å². The summed E-state index contributed by atoms with van der Waals surface area (Å²) in [6.45, 7) is 0.751. The molecule has 1 aromatic rings. The molecule has 0 radical (unpaired) electrons. The van der Waals surface area contributed by atoms with Crippen molar-refractivity contribution in [2.45, 2.75) is 23.5 Å². The minimum Gasteiger partial charge on any atom is -0.325 e. The first-order chi connectivity index (χ1) is 8.63. The quantitative estimate of drug-likeness (QED) is 0.593. The summed E-state index contributed by atoms with van der Waals surface area (Å²) in [5.74, 6) is -2.65. The van der Waals surface area contributed by atoms with Crippen molar-refractivity contribution >= 4 is 23.4 Å². The maximum atomic E-state index is 12.3. The number of hydrogen-bond acceptors (Lipinski definition) is 3. The molecule has 0 heterocycles. The molecule has 6 heteroatoms. The molecule has 18 heavy (non-hydrogen) atoms. The molecular formula is C12H16F2N2OS. The van der Waals surface area contributed by atoms with Crippen molar-refractivity contribution in [3.63, 3.8) is 0 Å². The van der Waals surface area contributed by atoms with Gasteiger partial charge in [-0.3, -0.25) is 4.79 Å². The molecule has 3 nitrogen and oxygen atoms in total. The van der Waals surface area contributed by atoms with Crippen molar-refractivity contribution in [1.82, 2.24) is 5.32 Å². The number of nitrogens with one attached hydrogen (secondary N) is 2. The molecule has 0 unspecified atom stereocenters. The standard InChI is InChI=1S/C12H16F2N2OS/c1-15-8-4-7-11(17)16-9-5-2-3-6-10(9)18-12(13)14/h2-3,5-6,12,15H,4,7-8H2,1H3,(H,16,17). The Kier molecular flexibility index (Phi) is 6.67. The van der Waals surface area contributed by atoms with E-state index in [2.05, 4.69) is 10.6 Å². The lowest BCUT2D eigenvalue weighted by atomic mass is 10.2. The predicted octanol–water partition coefficient (Wildman–Crippen LogP) is 2.94. The van der Waals surface area contributed by atoms with Crippen molar-refractivity contribution < 1.29 is 13.6 Å². The highest BCUT2D eigenvalue weighted by molar-refractivity contribution is 7.99. The van der Waals surface area contributed by atoms with E-state index in [1.165, 1.54) is 0 Å². The number of carbonyl (C=O) groups is 1. The lowest BCUT2D eigenvalue weighted by molar-refractivity contribution is -0.116. The Morgan fingerprint density at radius 3 is 2.78 bits per heavy atom. The molecular weight excluding hydrogens is 258 g/mol. The van der Waals surface area contributed by atoms with E-state index >= 15 is 0 Å². The Bertz CT molecular complexity index is 388. The smallest absolute Gasteiger partial charge is 0.288 e. The van der Waals surface area contributed by atoms with Gasteiger partial charge in [-0.25, -0.2) is 0 Å². The van der Waals surface area contributed by atoms with Gasteiger partial charge in [0.25, 0.3) is 5.76 Å². The third-order valence-electron chi connectivity index (χ3n) is 2.21. The van der Waals surface area contributed by atoms with Crippen LogP contribution in [0, 0.1) is 0 Å². The number of alkyl halides is 2. The molecule has 0 aliphatic carbocycles. The number of thioether (sulfide) groups is 1. The molecule has 0 fully saturated rings.